The summed E-state index contributed by atoms with van der Waals surface area (Å²) in [6.45, 7) is 4.65. The van der Waals surface area contributed by atoms with Gasteiger partial charge in [-0.2, -0.15) is 0 Å². The molecule has 0 amide bonds. The van der Waals surface area contributed by atoms with E-state index >= 15 is 0 Å². The fourth-order valence-corrected chi connectivity index (χ4v) is 8.74. The second-order valence-corrected chi connectivity index (χ2v) is 15.6. The first kappa shape index (κ1) is 33.9. The lowest BCUT2D eigenvalue weighted by Crippen LogP contribution is -2.14. The molecular formula is C54H37N3O. The number of aromatic nitrogens is 3. The van der Waals surface area contributed by atoms with Crippen molar-refractivity contribution in [3.8, 4) is 78.7 Å². The van der Waals surface area contributed by atoms with Gasteiger partial charge in [-0.1, -0.05) is 172 Å². The molecule has 0 radical (unpaired) electrons. The van der Waals surface area contributed by atoms with Gasteiger partial charge in [-0.15, -0.1) is 0 Å². The van der Waals surface area contributed by atoms with Crippen molar-refractivity contribution < 1.29 is 4.42 Å². The lowest BCUT2D eigenvalue weighted by molar-refractivity contribution is 0.660. The van der Waals surface area contributed by atoms with Crippen LogP contribution in [0.15, 0.2) is 192 Å². The highest BCUT2D eigenvalue weighted by Gasteiger charge is 2.35. The predicted molar refractivity (Wildman–Crippen MR) is 237 cm³/mol. The van der Waals surface area contributed by atoms with Crippen molar-refractivity contribution in [2.24, 2.45) is 0 Å². The van der Waals surface area contributed by atoms with Gasteiger partial charge in [0.05, 0.1) is 0 Å². The fraction of sp³-hybridized carbons (Fsp3) is 0.0556. The molecule has 4 heteroatoms. The Labute approximate surface area is 337 Å². The van der Waals surface area contributed by atoms with Crippen LogP contribution in [0.1, 0.15) is 25.0 Å². The van der Waals surface area contributed by atoms with E-state index in [-0.39, 0.29) is 5.41 Å². The summed E-state index contributed by atoms with van der Waals surface area (Å²) in [7, 11) is 0. The first-order chi connectivity index (χ1) is 28.5. The molecule has 10 aromatic rings. The smallest absolute Gasteiger partial charge is 0.164 e. The molecule has 8 aromatic carbocycles. The standard InChI is InChI=1S/C54H37N3O/c1-54(2)46-21-10-9-19-42(46)43-29-27-40(33-47(43)54)39-28-30-48-45(32-39)50-44(20-12-22-49(50)58-48)53-56-51(37-25-23-36(24-26-37)34-13-5-3-6-14-34)55-52(57-53)41-18-11-17-38(31-41)35-15-7-4-8-16-35/h3-33H,1-2H3. The third kappa shape index (κ3) is 5.64. The molecule has 1 aliphatic rings. The highest BCUT2D eigenvalue weighted by molar-refractivity contribution is 6.13. The van der Waals surface area contributed by atoms with Crippen LogP contribution < -0.4 is 0 Å². The minimum absolute atomic E-state index is 0.0852. The van der Waals surface area contributed by atoms with Crippen LogP contribution in [0.4, 0.5) is 0 Å². The van der Waals surface area contributed by atoms with Crippen molar-refractivity contribution in [3.05, 3.63) is 199 Å². The van der Waals surface area contributed by atoms with Crippen LogP contribution in [0.2, 0.25) is 0 Å². The molecule has 4 nitrogen and oxygen atoms in total. The van der Waals surface area contributed by atoms with E-state index in [4.69, 9.17) is 19.4 Å². The van der Waals surface area contributed by atoms with E-state index in [2.05, 4.69) is 178 Å². The molecule has 2 aromatic heterocycles. The molecule has 274 valence electrons. The lowest BCUT2D eigenvalue weighted by Gasteiger charge is -2.22. The van der Waals surface area contributed by atoms with Crippen molar-refractivity contribution in [1.29, 1.82) is 0 Å². The largest absolute Gasteiger partial charge is 0.456 e. The second-order valence-electron chi connectivity index (χ2n) is 15.6. The zero-order valence-electron chi connectivity index (χ0n) is 32.1. The normalized spacial score (nSPS) is 12.8. The minimum atomic E-state index is -0.0852. The van der Waals surface area contributed by atoms with Gasteiger partial charge in [0.25, 0.3) is 0 Å². The Kier molecular flexibility index (Phi) is 7.80. The van der Waals surface area contributed by atoms with E-state index in [0.29, 0.717) is 17.5 Å². The third-order valence-corrected chi connectivity index (χ3v) is 11.8. The summed E-state index contributed by atoms with van der Waals surface area (Å²) in [5.41, 5.74) is 16.4. The van der Waals surface area contributed by atoms with Gasteiger partial charge in [0.2, 0.25) is 0 Å². The molecule has 0 fully saturated rings. The number of hydrogen-bond donors (Lipinski definition) is 0. The van der Waals surface area contributed by atoms with Crippen molar-refractivity contribution in [1.82, 2.24) is 15.0 Å². The zero-order valence-corrected chi connectivity index (χ0v) is 32.1. The first-order valence-electron chi connectivity index (χ1n) is 19.8. The molecule has 0 unspecified atom stereocenters. The molecule has 0 N–H and O–H groups in total. The van der Waals surface area contributed by atoms with Crippen LogP contribution in [-0.2, 0) is 5.41 Å². The van der Waals surface area contributed by atoms with Gasteiger partial charge >= 0.3 is 0 Å². The van der Waals surface area contributed by atoms with E-state index in [1.807, 2.05) is 24.3 Å². The van der Waals surface area contributed by atoms with Gasteiger partial charge in [0.15, 0.2) is 17.5 Å². The number of benzene rings is 8. The van der Waals surface area contributed by atoms with Gasteiger partial charge in [0, 0.05) is 32.9 Å². The Morgan fingerprint density at radius 3 is 1.66 bits per heavy atom. The molecule has 0 aliphatic heterocycles. The SMILES string of the molecule is CC1(C)c2ccccc2-c2ccc(-c3ccc4oc5cccc(-c6nc(-c7ccc(-c8ccccc8)cc7)nc(-c7cccc(-c8ccccc8)c7)n6)c5c4c3)cc21. The molecule has 0 atom stereocenters. The van der Waals surface area contributed by atoms with Gasteiger partial charge in [0.1, 0.15) is 11.2 Å². The Morgan fingerprint density at radius 2 is 0.862 bits per heavy atom. The highest BCUT2D eigenvalue weighted by atomic mass is 16.3. The summed E-state index contributed by atoms with van der Waals surface area (Å²) in [4.78, 5) is 15.6. The van der Waals surface area contributed by atoms with Crippen LogP contribution in [0.3, 0.4) is 0 Å². The molecule has 1 aliphatic carbocycles. The van der Waals surface area contributed by atoms with Crippen molar-refractivity contribution >= 4 is 21.9 Å². The number of fused-ring (bicyclic) bond motifs is 6. The summed E-state index contributed by atoms with van der Waals surface area (Å²) in [6.07, 6.45) is 0. The molecule has 0 saturated heterocycles. The van der Waals surface area contributed by atoms with Gasteiger partial charge in [-0.25, -0.2) is 15.0 Å². The summed E-state index contributed by atoms with van der Waals surface area (Å²) >= 11 is 0. The van der Waals surface area contributed by atoms with Crippen LogP contribution in [-0.4, -0.2) is 15.0 Å². The van der Waals surface area contributed by atoms with E-state index in [1.54, 1.807) is 0 Å². The van der Waals surface area contributed by atoms with E-state index in [1.165, 1.54) is 27.8 Å². The van der Waals surface area contributed by atoms with E-state index in [0.717, 1.165) is 66.4 Å². The van der Waals surface area contributed by atoms with E-state index in [9.17, 15) is 0 Å². The van der Waals surface area contributed by atoms with E-state index < -0.39 is 0 Å². The predicted octanol–water partition coefficient (Wildman–Crippen LogP) is 14.1. The molecule has 0 saturated carbocycles. The molecular weight excluding hydrogens is 707 g/mol. The Bertz CT molecular complexity index is 3180. The van der Waals surface area contributed by atoms with Gasteiger partial charge in [-0.05, 0) is 86.0 Å². The Balaban J connectivity index is 1.07. The zero-order chi connectivity index (χ0) is 38.8. The Hall–Kier alpha value is -7.43. The summed E-state index contributed by atoms with van der Waals surface area (Å²) in [5, 5.41) is 2.00. The highest BCUT2D eigenvalue weighted by Crippen LogP contribution is 2.50. The van der Waals surface area contributed by atoms with Crippen LogP contribution in [0, 0.1) is 0 Å². The minimum Gasteiger partial charge on any atom is -0.456 e. The second kappa shape index (κ2) is 13.4. The van der Waals surface area contributed by atoms with Gasteiger partial charge in [-0.3, -0.25) is 0 Å². The monoisotopic (exact) mass is 743 g/mol. The molecule has 2 heterocycles. The van der Waals surface area contributed by atoms with Gasteiger partial charge < -0.3 is 4.42 Å². The van der Waals surface area contributed by atoms with Crippen molar-refractivity contribution in [2.45, 2.75) is 19.3 Å². The number of nitrogens with zero attached hydrogens (tertiary/aromatic N) is 3. The van der Waals surface area contributed by atoms with Crippen LogP contribution in [0.5, 0.6) is 0 Å². The summed E-state index contributed by atoms with van der Waals surface area (Å²) in [6, 6.07) is 66.1. The quantitative estimate of drug-likeness (QED) is 0.170. The molecule has 0 bridgehead atoms. The molecule has 11 rings (SSSR count). The number of furan rings is 1. The maximum atomic E-state index is 6.53. The van der Waals surface area contributed by atoms with Crippen molar-refractivity contribution in [3.63, 3.8) is 0 Å². The summed E-state index contributed by atoms with van der Waals surface area (Å²) in [5.74, 6) is 1.81. The van der Waals surface area contributed by atoms with Crippen LogP contribution >= 0.6 is 0 Å². The number of hydrogen-bond acceptors (Lipinski definition) is 4. The molecule has 58 heavy (non-hydrogen) atoms. The first-order valence-corrected chi connectivity index (χ1v) is 19.8. The molecule has 0 spiro atoms. The topological polar surface area (TPSA) is 51.8 Å². The Morgan fingerprint density at radius 1 is 0.345 bits per heavy atom. The average molecular weight is 744 g/mol. The maximum absolute atomic E-state index is 6.53. The lowest BCUT2D eigenvalue weighted by atomic mass is 9.81. The number of rotatable bonds is 6. The third-order valence-electron chi connectivity index (χ3n) is 11.8. The summed E-state index contributed by atoms with van der Waals surface area (Å²) < 4.78 is 6.53. The van der Waals surface area contributed by atoms with Crippen LogP contribution in [0.25, 0.3) is 101 Å². The maximum Gasteiger partial charge on any atom is 0.164 e. The van der Waals surface area contributed by atoms with Crippen molar-refractivity contribution in [2.75, 3.05) is 0 Å². The fourth-order valence-electron chi connectivity index (χ4n) is 8.74. The average Bonchev–Trinajstić information content (AvgIpc) is 3.78.